The summed E-state index contributed by atoms with van der Waals surface area (Å²) in [5, 5.41) is 0. The maximum Gasteiger partial charge on any atom is 0.293 e. The zero-order chi connectivity index (χ0) is 12.0. The summed E-state index contributed by atoms with van der Waals surface area (Å²) in [4.78, 5) is 14.3. The largest absolute Gasteiger partial charge is 0.467 e. The van der Waals surface area contributed by atoms with Gasteiger partial charge in [-0.25, -0.2) is 0 Å². The second-order valence-electron chi connectivity index (χ2n) is 3.97. The van der Waals surface area contributed by atoms with Crippen molar-refractivity contribution >= 4 is 12.5 Å². The normalized spacial score (nSPS) is 9.69. The van der Waals surface area contributed by atoms with E-state index in [2.05, 4.69) is 36.6 Å². The van der Waals surface area contributed by atoms with Crippen LogP contribution in [0.2, 0.25) is 0 Å². The Kier molecular flexibility index (Phi) is 4.70. The van der Waals surface area contributed by atoms with Crippen LogP contribution in [0.5, 0.6) is 0 Å². The molecule has 1 aromatic rings. The number of hydrogen-bond donors (Lipinski definition) is 0. The van der Waals surface area contributed by atoms with Gasteiger partial charge in [-0.2, -0.15) is 0 Å². The molecular formula is C13H17NO2. The number of allylic oxidation sites excluding steroid dienone is 1. The highest BCUT2D eigenvalue weighted by molar-refractivity contribution is 5.54. The van der Waals surface area contributed by atoms with E-state index in [4.69, 9.17) is 0 Å². The molecule has 3 nitrogen and oxygen atoms in total. The fourth-order valence-corrected chi connectivity index (χ4v) is 1.44. The van der Waals surface area contributed by atoms with Crippen LogP contribution in [0, 0.1) is 6.92 Å². The van der Waals surface area contributed by atoms with Crippen molar-refractivity contribution in [1.29, 1.82) is 0 Å². The van der Waals surface area contributed by atoms with Gasteiger partial charge >= 0.3 is 0 Å². The Hall–Kier alpha value is -1.64. The molecule has 0 N–H and O–H groups in total. The third-order valence-corrected chi connectivity index (χ3v) is 2.20. The average molecular weight is 219 g/mol. The first-order valence-corrected chi connectivity index (χ1v) is 5.29. The molecule has 1 aromatic heterocycles. The number of hydrogen-bond acceptors (Lipinski definition) is 3. The summed E-state index contributed by atoms with van der Waals surface area (Å²) < 4.78 is 4.64. The summed E-state index contributed by atoms with van der Waals surface area (Å²) in [5.41, 5.74) is 4.53. The Labute approximate surface area is 96.2 Å². The minimum Gasteiger partial charge on any atom is -0.467 e. The first-order chi connectivity index (χ1) is 7.63. The van der Waals surface area contributed by atoms with Gasteiger partial charge in [0.1, 0.15) is 0 Å². The molecule has 0 atom stereocenters. The molecule has 1 rings (SSSR count). The van der Waals surface area contributed by atoms with Crippen molar-refractivity contribution in [3.63, 3.8) is 0 Å². The van der Waals surface area contributed by atoms with E-state index >= 15 is 0 Å². The summed E-state index contributed by atoms with van der Waals surface area (Å²) in [5.74, 6) is 0. The number of carbonyl (C=O) groups excluding carboxylic acids is 1. The lowest BCUT2D eigenvalue weighted by Crippen LogP contribution is -2.00. The molecule has 0 aliphatic carbocycles. The van der Waals surface area contributed by atoms with Crippen molar-refractivity contribution in [2.45, 2.75) is 27.2 Å². The Bertz CT molecular complexity index is 393. The molecule has 0 fully saturated rings. The smallest absolute Gasteiger partial charge is 0.293 e. The lowest BCUT2D eigenvalue weighted by molar-refractivity contribution is -0.128. The lowest BCUT2D eigenvalue weighted by atomic mass is 10.1. The summed E-state index contributed by atoms with van der Waals surface area (Å²) >= 11 is 0. The number of carbonyl (C=O) groups is 1. The minimum atomic E-state index is 0.387. The zero-order valence-electron chi connectivity index (χ0n) is 9.99. The van der Waals surface area contributed by atoms with E-state index in [1.54, 1.807) is 0 Å². The van der Waals surface area contributed by atoms with Crippen LogP contribution in [0.1, 0.15) is 30.7 Å². The molecule has 0 bridgehead atoms. The molecule has 0 spiro atoms. The molecule has 0 unspecified atom stereocenters. The van der Waals surface area contributed by atoms with Gasteiger partial charge in [-0.3, -0.25) is 9.78 Å². The van der Waals surface area contributed by atoms with Gasteiger partial charge in [0, 0.05) is 18.3 Å². The maximum absolute atomic E-state index is 9.99. The summed E-state index contributed by atoms with van der Waals surface area (Å²) in [6.45, 7) is 7.03. The topological polar surface area (TPSA) is 39.2 Å². The molecule has 86 valence electrons. The van der Waals surface area contributed by atoms with Crippen molar-refractivity contribution in [2.75, 3.05) is 6.61 Å². The summed E-state index contributed by atoms with van der Waals surface area (Å²) in [6.07, 6.45) is 4.63. The molecule has 3 heteroatoms. The lowest BCUT2D eigenvalue weighted by Gasteiger charge is -2.04. The molecule has 0 aliphatic rings. The van der Waals surface area contributed by atoms with Gasteiger partial charge in [0.2, 0.25) is 0 Å². The van der Waals surface area contributed by atoms with Gasteiger partial charge in [-0.1, -0.05) is 11.6 Å². The van der Waals surface area contributed by atoms with E-state index in [0.29, 0.717) is 19.5 Å². The molecule has 0 radical (unpaired) electrons. The quantitative estimate of drug-likeness (QED) is 0.564. The highest BCUT2D eigenvalue weighted by atomic mass is 16.5. The van der Waals surface area contributed by atoms with E-state index in [-0.39, 0.29) is 0 Å². The Balaban J connectivity index is 2.74. The van der Waals surface area contributed by atoms with Gasteiger partial charge in [0.25, 0.3) is 6.47 Å². The zero-order valence-corrected chi connectivity index (χ0v) is 9.99. The van der Waals surface area contributed by atoms with Gasteiger partial charge in [-0.05, 0) is 38.0 Å². The van der Waals surface area contributed by atoms with Crippen LogP contribution in [-0.2, 0) is 16.0 Å². The predicted molar refractivity (Wildman–Crippen MR) is 64.0 cm³/mol. The Morgan fingerprint density at radius 3 is 2.81 bits per heavy atom. The standard InChI is InChI=1S/C13H17NO2/c1-10(2)6-12-8-14-13(7-11(12)3)4-5-16-9-15/h6-9H,4-5H2,1-3H3. The first-order valence-electron chi connectivity index (χ1n) is 5.29. The van der Waals surface area contributed by atoms with Gasteiger partial charge in [0.05, 0.1) is 6.61 Å². The fourth-order valence-electron chi connectivity index (χ4n) is 1.44. The molecule has 0 saturated carbocycles. The van der Waals surface area contributed by atoms with Crippen LogP contribution in [0.25, 0.3) is 6.08 Å². The number of rotatable bonds is 5. The molecule has 1 heterocycles. The molecular weight excluding hydrogens is 202 g/mol. The van der Waals surface area contributed by atoms with E-state index in [1.165, 1.54) is 11.1 Å². The Morgan fingerprint density at radius 2 is 2.25 bits per heavy atom. The molecule has 0 aromatic carbocycles. The number of aryl methyl sites for hydroxylation is 1. The molecule has 16 heavy (non-hydrogen) atoms. The second-order valence-corrected chi connectivity index (χ2v) is 3.97. The van der Waals surface area contributed by atoms with Crippen molar-refractivity contribution in [3.05, 3.63) is 34.7 Å². The second kappa shape index (κ2) is 6.05. The van der Waals surface area contributed by atoms with Gasteiger partial charge in [-0.15, -0.1) is 0 Å². The van der Waals surface area contributed by atoms with Crippen molar-refractivity contribution in [1.82, 2.24) is 4.98 Å². The van der Waals surface area contributed by atoms with Crippen LogP contribution < -0.4 is 0 Å². The first kappa shape index (κ1) is 12.4. The van der Waals surface area contributed by atoms with E-state index < -0.39 is 0 Å². The minimum absolute atomic E-state index is 0.387. The van der Waals surface area contributed by atoms with Crippen LogP contribution in [0.3, 0.4) is 0 Å². The SMILES string of the molecule is CC(C)=Cc1cnc(CCOC=O)cc1C. The van der Waals surface area contributed by atoms with Gasteiger partial charge in [0.15, 0.2) is 0 Å². The predicted octanol–water partition coefficient (Wildman–Crippen LogP) is 2.53. The van der Waals surface area contributed by atoms with E-state index in [1.807, 2.05) is 12.3 Å². The number of nitrogens with zero attached hydrogens (tertiary/aromatic N) is 1. The third kappa shape index (κ3) is 3.85. The third-order valence-electron chi connectivity index (χ3n) is 2.20. The highest BCUT2D eigenvalue weighted by Gasteiger charge is 2.00. The fraction of sp³-hybridized carbons (Fsp3) is 0.385. The Morgan fingerprint density at radius 1 is 1.50 bits per heavy atom. The van der Waals surface area contributed by atoms with Crippen LogP contribution in [0.4, 0.5) is 0 Å². The van der Waals surface area contributed by atoms with Crippen molar-refractivity contribution in [2.24, 2.45) is 0 Å². The van der Waals surface area contributed by atoms with Crippen LogP contribution >= 0.6 is 0 Å². The van der Waals surface area contributed by atoms with Gasteiger partial charge < -0.3 is 4.74 Å². The van der Waals surface area contributed by atoms with Crippen LogP contribution in [-0.4, -0.2) is 18.1 Å². The van der Waals surface area contributed by atoms with Crippen molar-refractivity contribution in [3.8, 4) is 0 Å². The average Bonchev–Trinajstić information content (AvgIpc) is 2.22. The highest BCUT2D eigenvalue weighted by Crippen LogP contribution is 2.12. The molecule has 0 amide bonds. The number of ether oxygens (including phenoxy) is 1. The summed E-state index contributed by atoms with van der Waals surface area (Å²) in [6, 6.07) is 2.03. The number of aromatic nitrogens is 1. The monoisotopic (exact) mass is 219 g/mol. The van der Waals surface area contributed by atoms with Crippen LogP contribution in [0.15, 0.2) is 17.8 Å². The molecule has 0 aliphatic heterocycles. The number of pyridine rings is 1. The van der Waals surface area contributed by atoms with E-state index in [9.17, 15) is 4.79 Å². The molecule has 0 saturated heterocycles. The van der Waals surface area contributed by atoms with Crippen molar-refractivity contribution < 1.29 is 9.53 Å². The maximum atomic E-state index is 9.99. The van der Waals surface area contributed by atoms with E-state index in [0.717, 1.165) is 11.3 Å². The summed E-state index contributed by atoms with van der Waals surface area (Å²) in [7, 11) is 0.